The molecule has 5 atom stereocenters. The van der Waals surface area contributed by atoms with Gasteiger partial charge in [-0.3, -0.25) is 62.6 Å². The molecule has 1 aliphatic rings. The first-order valence-corrected chi connectivity index (χ1v) is 34.4. The van der Waals surface area contributed by atoms with Crippen molar-refractivity contribution in [1.82, 2.24) is 62.1 Å². The summed E-state index contributed by atoms with van der Waals surface area (Å²) in [4.78, 5) is 192. The van der Waals surface area contributed by atoms with Gasteiger partial charge in [0.05, 0.1) is 19.6 Å². The molecule has 99 heavy (non-hydrogen) atoms. The van der Waals surface area contributed by atoms with Crippen molar-refractivity contribution in [2.75, 3.05) is 98.2 Å². The van der Waals surface area contributed by atoms with E-state index in [2.05, 4.69) is 31.9 Å². The van der Waals surface area contributed by atoms with E-state index in [0.717, 1.165) is 0 Å². The molecule has 8 amide bonds. The van der Waals surface area contributed by atoms with Gasteiger partial charge in [0.2, 0.25) is 29.5 Å². The van der Waals surface area contributed by atoms with E-state index in [4.69, 9.17) is 5.11 Å². The molecule has 0 aliphatic carbocycles. The first-order chi connectivity index (χ1) is 46.2. The van der Waals surface area contributed by atoms with Gasteiger partial charge in [0.15, 0.2) is 0 Å². The van der Waals surface area contributed by atoms with Crippen LogP contribution in [0.5, 0.6) is 0 Å². The number of amides is 8. The fourth-order valence-corrected chi connectivity index (χ4v) is 15.6. The maximum absolute atomic E-state index is 17.1. The van der Waals surface area contributed by atoms with Crippen molar-refractivity contribution in [2.24, 2.45) is 0 Å². The zero-order valence-corrected chi connectivity index (χ0v) is 57.9. The Balaban J connectivity index is 2.07. The lowest BCUT2D eigenvalue weighted by Gasteiger charge is -2.44. The fourth-order valence-electron chi connectivity index (χ4n) is 11.0. The molecule has 35 nitrogen and oxygen atoms in total. The van der Waals surface area contributed by atoms with Crippen molar-refractivity contribution in [3.05, 3.63) is 29.8 Å². The van der Waals surface area contributed by atoms with Gasteiger partial charge in [0.1, 0.15) is 30.2 Å². The average molecular weight is 1430 g/mol. The molecule has 1 aliphatic heterocycles. The molecule has 1 heterocycles. The predicted octanol–water partition coefficient (Wildman–Crippen LogP) is -1.17. The summed E-state index contributed by atoms with van der Waals surface area (Å²) in [5, 5.41) is 94.0. The summed E-state index contributed by atoms with van der Waals surface area (Å²) in [6.07, 6.45) is -2.95. The minimum absolute atomic E-state index is 0.0168. The molecule has 556 valence electrons. The maximum Gasteiger partial charge on any atom is 0.326 e. The van der Waals surface area contributed by atoms with Crippen molar-refractivity contribution < 1.29 is 117 Å². The van der Waals surface area contributed by atoms with Gasteiger partial charge in [-0.05, 0) is 85.3 Å². The molecule has 0 aromatic heterocycles. The second kappa shape index (κ2) is 42.8. The van der Waals surface area contributed by atoms with E-state index < -0.39 is 170 Å². The third-order valence-electron chi connectivity index (χ3n) is 16.2. The van der Waals surface area contributed by atoms with Crippen LogP contribution < -0.4 is 47.7 Å². The summed E-state index contributed by atoms with van der Waals surface area (Å²) in [6, 6.07) is -3.23. The third kappa shape index (κ3) is 33.4. The number of benzene rings is 1. The highest BCUT2D eigenvalue weighted by Crippen LogP contribution is 2.51. The summed E-state index contributed by atoms with van der Waals surface area (Å²) < 4.78 is 17.1. The average Bonchev–Trinajstić information content (AvgIpc) is 0.749. The van der Waals surface area contributed by atoms with Gasteiger partial charge >= 0.3 is 53.8 Å². The normalized spacial score (nSPS) is 15.5. The summed E-state index contributed by atoms with van der Waals surface area (Å²) in [7, 11) is -3.72. The zero-order chi connectivity index (χ0) is 74.8. The molecule has 0 bridgehead atoms. The van der Waals surface area contributed by atoms with Crippen LogP contribution in [0, 0.1) is 0 Å². The van der Waals surface area contributed by atoms with Crippen LogP contribution in [0.3, 0.4) is 0 Å². The molecule has 0 unspecified atom stereocenters. The number of carboxylic acids is 8. The molecular formula is C62H99FN12O23Si. The standard InChI is InChI=1S/C62H99FN12O23Si/c1-61(2,3)99(63,62(4,5)6)40-16-14-39(15-17-40)54(88)66-35-45(68-48(78)13-10-26-72-27-29-73(36-51(82)83)31-33-75(38-53(86)87)34-32-74(30-28-72)37-52(84)85)55(89)69-42(57(92)93)11-7-8-24-64-46(76)21-22-47(77)65-25-9-12-41(56(90)91)67-49(79)20-18-43(58(94)95)70-60(98)71-44(59(96)97)19-23-50(80)81/h14-17,41-45H,7-13,18-38H2,1-6H3,(H,64,76)(H,65,77)(H,66,88)(H,67,79)(H,68,78)(H,69,89)(H,80,81)(H,82,83)(H,84,85)(H,86,87)(H,90,91)(H,92,93)(H,94,95)(H,96,97)(H2,70,71,98)/t41-,42-,43+,44+,45-/m1/s1. The Kier molecular flexibility index (Phi) is 37.2. The van der Waals surface area contributed by atoms with Gasteiger partial charge in [0, 0.05) is 110 Å². The van der Waals surface area contributed by atoms with Gasteiger partial charge in [0.25, 0.3) is 14.3 Å². The minimum atomic E-state index is -3.72. The molecule has 0 radical (unpaired) electrons. The summed E-state index contributed by atoms with van der Waals surface area (Å²) in [5.74, 6) is -15.2. The Morgan fingerprint density at radius 1 is 0.414 bits per heavy atom. The van der Waals surface area contributed by atoms with E-state index in [-0.39, 0.29) is 155 Å². The van der Waals surface area contributed by atoms with Gasteiger partial charge < -0.3 is 92.4 Å². The molecule has 1 aromatic carbocycles. The molecule has 16 N–H and O–H groups in total. The van der Waals surface area contributed by atoms with Gasteiger partial charge in [-0.2, -0.15) is 0 Å². The smallest absolute Gasteiger partial charge is 0.326 e. The Morgan fingerprint density at radius 3 is 1.22 bits per heavy atom. The van der Waals surface area contributed by atoms with Crippen LogP contribution in [0.15, 0.2) is 24.3 Å². The van der Waals surface area contributed by atoms with Crippen LogP contribution in [0.1, 0.15) is 135 Å². The molecule has 0 spiro atoms. The zero-order valence-electron chi connectivity index (χ0n) is 56.9. The quantitative estimate of drug-likeness (QED) is 0.0208. The monoisotopic (exact) mass is 1430 g/mol. The van der Waals surface area contributed by atoms with E-state index in [1.165, 1.54) is 12.1 Å². The van der Waals surface area contributed by atoms with Gasteiger partial charge in [-0.1, -0.05) is 53.7 Å². The van der Waals surface area contributed by atoms with Crippen LogP contribution >= 0.6 is 0 Å². The lowest BCUT2D eigenvalue weighted by Crippen LogP contribution is -2.58. The molecule has 0 saturated carbocycles. The number of carbonyl (C=O) groups is 15. The number of rotatable bonds is 42. The summed E-state index contributed by atoms with van der Waals surface area (Å²) in [6.45, 7) is 11.3. The van der Waals surface area contributed by atoms with E-state index in [0.29, 0.717) is 5.19 Å². The van der Waals surface area contributed by atoms with Crippen molar-refractivity contribution in [1.29, 1.82) is 0 Å². The van der Waals surface area contributed by atoms with Crippen LogP contribution in [0.25, 0.3) is 0 Å². The summed E-state index contributed by atoms with van der Waals surface area (Å²) >= 11 is 0. The molecule has 2 rings (SSSR count). The SMILES string of the molecule is CC(C)(C)[Si](F)(c1ccc(C(=O)NC[C@@H](NC(=O)CCCN2CCN(CC(=O)O)CCN(CC(=O)O)CCN(CC(=O)O)CC2)C(=O)N[C@H](CCCCNC(=O)CCC(=O)NCCC[C@@H](NC(=O)CC[C@H](NC(=O)N[C@@H](CCC(=O)O)C(=O)O)C(=O)O)C(=O)O)C(=O)O)cc1)C(C)(C)C. The van der Waals surface area contributed by atoms with Crippen LogP contribution in [-0.2, 0) is 62.3 Å². The number of hydrogen-bond acceptors (Lipinski definition) is 19. The summed E-state index contributed by atoms with van der Waals surface area (Å²) in [5.41, 5.74) is 0.104. The Hall–Kier alpha value is -8.94. The van der Waals surface area contributed by atoms with Crippen LogP contribution in [-0.4, -0.2) is 286 Å². The Labute approximate surface area is 573 Å². The first-order valence-electron chi connectivity index (χ1n) is 32.5. The van der Waals surface area contributed by atoms with E-state index in [1.54, 1.807) is 26.8 Å². The second-order valence-electron chi connectivity index (χ2n) is 26.1. The number of nitrogens with zero attached hydrogens (tertiary/aromatic N) is 4. The highest BCUT2D eigenvalue weighted by Gasteiger charge is 2.56. The topological polar surface area (TPSA) is 527 Å². The molecule has 1 fully saturated rings. The van der Waals surface area contributed by atoms with E-state index in [1.807, 2.05) is 57.1 Å². The lowest BCUT2D eigenvalue weighted by atomic mass is 10.1. The van der Waals surface area contributed by atoms with Crippen LogP contribution in [0.2, 0.25) is 10.1 Å². The number of carbonyl (C=O) groups excluding carboxylic acids is 7. The fraction of sp³-hybridized carbons (Fsp3) is 0.661. The predicted molar refractivity (Wildman–Crippen MR) is 353 cm³/mol. The number of aliphatic carboxylic acids is 8. The van der Waals surface area contributed by atoms with Gasteiger partial charge in [-0.25, -0.2) is 24.0 Å². The van der Waals surface area contributed by atoms with Crippen molar-refractivity contribution in [3.63, 3.8) is 0 Å². The third-order valence-corrected chi connectivity index (χ3v) is 21.5. The number of hydrogen-bond donors (Lipinski definition) is 16. The Morgan fingerprint density at radius 2 is 0.798 bits per heavy atom. The van der Waals surface area contributed by atoms with Crippen molar-refractivity contribution >= 4 is 103 Å². The number of halogens is 1. The molecule has 1 aromatic rings. The minimum Gasteiger partial charge on any atom is -0.481 e. The number of unbranched alkanes of at least 4 members (excludes halogenated alkanes) is 1. The van der Waals surface area contributed by atoms with E-state index in [9.17, 15) is 108 Å². The second-order valence-corrected chi connectivity index (χ2v) is 31.0. The first kappa shape index (κ1) is 86.1. The van der Waals surface area contributed by atoms with E-state index >= 15 is 4.11 Å². The highest BCUT2D eigenvalue weighted by atomic mass is 28.4. The molecule has 37 heteroatoms. The van der Waals surface area contributed by atoms with Crippen molar-refractivity contribution in [3.8, 4) is 0 Å². The molecule has 1 saturated heterocycles. The maximum atomic E-state index is 17.1. The van der Waals surface area contributed by atoms with Gasteiger partial charge in [-0.15, -0.1) is 0 Å². The molecular weight excluding hydrogens is 1330 g/mol. The lowest BCUT2D eigenvalue weighted by molar-refractivity contribution is -0.143. The van der Waals surface area contributed by atoms with Crippen molar-refractivity contribution in [2.45, 2.75) is 165 Å². The van der Waals surface area contributed by atoms with Crippen LogP contribution in [0.4, 0.5) is 8.90 Å². The number of nitrogens with one attached hydrogen (secondary N) is 8. The largest absolute Gasteiger partial charge is 0.481 e. The number of urea groups is 1. The highest BCUT2D eigenvalue weighted by molar-refractivity contribution is 6.90. The number of carboxylic acid groups (broad SMARTS) is 8. The Bertz CT molecular complexity index is 2910.